The first-order chi connectivity index (χ1) is 16.4. The van der Waals surface area contributed by atoms with Crippen LogP contribution >= 0.6 is 0 Å². The van der Waals surface area contributed by atoms with Crippen LogP contribution in [-0.2, 0) is 21.0 Å². The number of hydrogen-bond acceptors (Lipinski definition) is 3. The van der Waals surface area contributed by atoms with Gasteiger partial charge >= 0.3 is 23.3 Å². The number of halogens is 9. The van der Waals surface area contributed by atoms with Crippen molar-refractivity contribution in [3.63, 3.8) is 0 Å². The van der Waals surface area contributed by atoms with E-state index < -0.39 is 33.4 Å². The Balaban J connectivity index is 0.000000256. The molecule has 0 bridgehead atoms. The van der Waals surface area contributed by atoms with E-state index in [0.29, 0.717) is 0 Å². The van der Waals surface area contributed by atoms with Gasteiger partial charge in [0.25, 0.3) is 0 Å². The van der Waals surface area contributed by atoms with Crippen molar-refractivity contribution in [1.29, 1.82) is 0 Å². The Labute approximate surface area is 202 Å². The Hall–Kier alpha value is -2.71. The van der Waals surface area contributed by atoms with Crippen molar-refractivity contribution in [3.05, 3.63) is 91.0 Å². The molecule has 0 unspecified atom stereocenters. The van der Waals surface area contributed by atoms with E-state index in [1.54, 1.807) is 0 Å². The molecule has 0 aliphatic carbocycles. The standard InChI is InChI=1S/C18H15S.C4HF9O3S/c1-4-10-16(11-5-1)19(17-12-6-2-7-13-17)18-14-8-3-9-15-18;5-1(6,3(9,10)11)2(7,8)4(12,13)17(14,15)16/h1-15H;(H,14,15,16)/q+1;/p-1. The molecule has 0 atom stereocenters. The number of alkyl halides is 9. The smallest absolute Gasteiger partial charge is 0.460 e. The highest BCUT2D eigenvalue weighted by molar-refractivity contribution is 7.97. The van der Waals surface area contributed by atoms with Gasteiger partial charge in [0.05, 0.1) is 10.9 Å². The summed E-state index contributed by atoms with van der Waals surface area (Å²) < 4.78 is 135. The van der Waals surface area contributed by atoms with Gasteiger partial charge in [-0.3, -0.25) is 0 Å². The molecule has 0 aromatic heterocycles. The van der Waals surface area contributed by atoms with E-state index in [0.717, 1.165) is 0 Å². The van der Waals surface area contributed by atoms with Crippen molar-refractivity contribution < 1.29 is 52.5 Å². The highest BCUT2D eigenvalue weighted by atomic mass is 32.2. The Morgan fingerprint density at radius 2 is 0.806 bits per heavy atom. The SMILES string of the molecule is O=S(=O)([O-])C(F)(F)C(F)(F)C(F)(F)C(F)(F)F.c1ccc([S+](c2ccccc2)c2ccccc2)cc1. The molecule has 14 heteroatoms. The third kappa shape index (κ3) is 5.98. The zero-order valence-corrected chi connectivity index (χ0v) is 19.2. The summed E-state index contributed by atoms with van der Waals surface area (Å²) in [6.07, 6.45) is -7.16. The summed E-state index contributed by atoms with van der Waals surface area (Å²) in [6, 6.07) is 32.2. The van der Waals surface area contributed by atoms with Crippen LogP contribution in [0.2, 0.25) is 0 Å². The molecule has 0 amide bonds. The van der Waals surface area contributed by atoms with Crippen molar-refractivity contribution in [3.8, 4) is 0 Å². The molecule has 36 heavy (non-hydrogen) atoms. The van der Waals surface area contributed by atoms with E-state index in [1.807, 2.05) is 0 Å². The Morgan fingerprint density at radius 3 is 1.03 bits per heavy atom. The van der Waals surface area contributed by atoms with Crippen molar-refractivity contribution in [2.24, 2.45) is 0 Å². The lowest BCUT2D eigenvalue weighted by Gasteiger charge is -2.34. The summed E-state index contributed by atoms with van der Waals surface area (Å²) in [6.45, 7) is 0. The van der Waals surface area contributed by atoms with Crippen LogP contribution in [0, 0.1) is 0 Å². The van der Waals surface area contributed by atoms with Gasteiger partial charge in [0.15, 0.2) is 24.8 Å². The van der Waals surface area contributed by atoms with E-state index in [2.05, 4.69) is 91.0 Å². The quantitative estimate of drug-likeness (QED) is 0.190. The first kappa shape index (κ1) is 29.5. The summed E-state index contributed by atoms with van der Waals surface area (Å²) in [4.78, 5) is 4.08. The minimum Gasteiger partial charge on any atom is -0.743 e. The molecule has 196 valence electrons. The summed E-state index contributed by atoms with van der Waals surface area (Å²) in [5, 5.41) is -7.11. The molecule has 3 rings (SSSR count). The fourth-order valence-corrected chi connectivity index (χ4v) is 5.14. The highest BCUT2D eigenvalue weighted by Gasteiger charge is 2.83. The van der Waals surface area contributed by atoms with Gasteiger partial charge < -0.3 is 4.55 Å². The highest BCUT2D eigenvalue weighted by Crippen LogP contribution is 2.54. The van der Waals surface area contributed by atoms with Crippen LogP contribution in [-0.4, -0.2) is 36.2 Å². The summed E-state index contributed by atoms with van der Waals surface area (Å²) >= 11 is 0. The predicted molar refractivity (Wildman–Crippen MR) is 112 cm³/mol. The lowest BCUT2D eigenvalue weighted by Crippen LogP contribution is -2.63. The van der Waals surface area contributed by atoms with Crippen LogP contribution in [0.1, 0.15) is 0 Å². The second kappa shape index (κ2) is 10.7. The Kier molecular flexibility index (Phi) is 8.80. The average molecular weight is 562 g/mol. The van der Waals surface area contributed by atoms with Crippen LogP contribution in [0.4, 0.5) is 39.5 Å². The van der Waals surface area contributed by atoms with Gasteiger partial charge in [0, 0.05) is 0 Å². The monoisotopic (exact) mass is 562 g/mol. The minimum absolute atomic E-state index is 0.0146. The van der Waals surface area contributed by atoms with Crippen LogP contribution in [0.3, 0.4) is 0 Å². The molecule has 0 N–H and O–H groups in total. The van der Waals surface area contributed by atoms with E-state index in [1.165, 1.54) is 14.7 Å². The predicted octanol–water partition coefficient (Wildman–Crippen LogP) is 6.74. The maximum absolute atomic E-state index is 12.2. The zero-order valence-electron chi connectivity index (χ0n) is 17.6. The molecule has 0 radical (unpaired) electrons. The van der Waals surface area contributed by atoms with Crippen molar-refractivity contribution >= 4 is 21.0 Å². The van der Waals surface area contributed by atoms with E-state index in [9.17, 15) is 52.5 Å². The maximum atomic E-state index is 12.2. The van der Waals surface area contributed by atoms with E-state index in [-0.39, 0.29) is 10.9 Å². The first-order valence-corrected chi connectivity index (χ1v) is 12.1. The molecule has 0 fully saturated rings. The van der Waals surface area contributed by atoms with Gasteiger partial charge in [-0.05, 0) is 36.4 Å². The first-order valence-electron chi connectivity index (χ1n) is 9.50. The number of benzene rings is 3. The third-order valence-electron chi connectivity index (χ3n) is 4.37. The van der Waals surface area contributed by atoms with Crippen molar-refractivity contribution in [2.45, 2.75) is 38.0 Å². The fraction of sp³-hybridized carbons (Fsp3) is 0.182. The largest absolute Gasteiger partial charge is 0.743 e. The van der Waals surface area contributed by atoms with Crippen molar-refractivity contribution in [1.82, 2.24) is 0 Å². The minimum atomic E-state index is -7.43. The van der Waals surface area contributed by atoms with E-state index >= 15 is 0 Å². The Bertz CT molecular complexity index is 1130. The van der Waals surface area contributed by atoms with Crippen molar-refractivity contribution in [2.75, 3.05) is 0 Å². The second-order valence-electron chi connectivity index (χ2n) is 6.86. The Morgan fingerprint density at radius 1 is 0.528 bits per heavy atom. The molecule has 3 nitrogen and oxygen atoms in total. The molecular formula is C22H15F9O3S2. The number of rotatable bonds is 6. The van der Waals surface area contributed by atoms with Gasteiger partial charge in [-0.1, -0.05) is 54.6 Å². The molecule has 0 heterocycles. The average Bonchev–Trinajstić information content (AvgIpc) is 2.80. The molecule has 0 saturated carbocycles. The summed E-state index contributed by atoms with van der Waals surface area (Å²) in [5.41, 5.74) is 0. The number of hydrogen-bond donors (Lipinski definition) is 0. The molecular weight excluding hydrogens is 547 g/mol. The fourth-order valence-electron chi connectivity index (χ4n) is 2.60. The lowest BCUT2D eigenvalue weighted by molar-refractivity contribution is -0.382. The molecule has 0 aliphatic heterocycles. The van der Waals surface area contributed by atoms with Gasteiger partial charge in [0.2, 0.25) is 0 Å². The maximum Gasteiger partial charge on any atom is 0.460 e. The second-order valence-corrected chi connectivity index (χ2v) is 10.3. The van der Waals surface area contributed by atoms with Crippen LogP contribution in [0.5, 0.6) is 0 Å². The lowest BCUT2D eigenvalue weighted by atomic mass is 10.1. The van der Waals surface area contributed by atoms with E-state index in [4.69, 9.17) is 0 Å². The van der Waals surface area contributed by atoms with Gasteiger partial charge in [0.1, 0.15) is 0 Å². The summed E-state index contributed by atoms with van der Waals surface area (Å²) in [5.74, 6) is -14.8. The zero-order chi connectivity index (χ0) is 27.4. The topological polar surface area (TPSA) is 57.2 Å². The summed E-state index contributed by atoms with van der Waals surface area (Å²) in [7, 11) is -7.43. The molecule has 0 aliphatic rings. The molecule has 3 aromatic rings. The van der Waals surface area contributed by atoms with Crippen LogP contribution in [0.15, 0.2) is 106 Å². The van der Waals surface area contributed by atoms with Crippen LogP contribution < -0.4 is 0 Å². The van der Waals surface area contributed by atoms with Crippen LogP contribution in [0.25, 0.3) is 0 Å². The molecule has 0 saturated heterocycles. The normalized spacial score (nSPS) is 13.2. The third-order valence-corrected chi connectivity index (χ3v) is 7.48. The van der Waals surface area contributed by atoms with Gasteiger partial charge in [-0.25, -0.2) is 8.42 Å². The molecule has 3 aromatic carbocycles. The van der Waals surface area contributed by atoms with Gasteiger partial charge in [-0.15, -0.1) is 0 Å². The van der Waals surface area contributed by atoms with Gasteiger partial charge in [-0.2, -0.15) is 39.5 Å². The molecule has 0 spiro atoms.